The van der Waals surface area contributed by atoms with Crippen molar-refractivity contribution in [2.75, 3.05) is 25.0 Å². The summed E-state index contributed by atoms with van der Waals surface area (Å²) in [5.74, 6) is -1.10. The van der Waals surface area contributed by atoms with Gasteiger partial charge < -0.3 is 15.1 Å². The van der Waals surface area contributed by atoms with Crippen molar-refractivity contribution in [3.05, 3.63) is 51.2 Å². The zero-order chi connectivity index (χ0) is 27.6. The number of piperidine rings is 1. The summed E-state index contributed by atoms with van der Waals surface area (Å²) in [6, 6.07) is 7.13. The molecule has 2 aliphatic rings. The first-order valence-corrected chi connectivity index (χ1v) is 15.2. The number of likely N-dealkylation sites (tertiary alicyclic amines) is 2. The highest BCUT2D eigenvalue weighted by Gasteiger charge is 2.37. The lowest BCUT2D eigenvalue weighted by Crippen LogP contribution is -2.55. The topological polar surface area (TPSA) is 145 Å². The Labute approximate surface area is 234 Å². The van der Waals surface area contributed by atoms with Crippen molar-refractivity contribution < 1.29 is 22.8 Å². The molecular weight excluding hydrogens is 564 g/mol. The number of hydrogen-bond donors (Lipinski definition) is 3. The largest absolute Gasteiger partial charge is 0.332 e. The van der Waals surface area contributed by atoms with Gasteiger partial charge in [0.1, 0.15) is 12.1 Å². The lowest BCUT2D eigenvalue weighted by Gasteiger charge is -2.33. The van der Waals surface area contributed by atoms with Gasteiger partial charge in [-0.1, -0.05) is 11.6 Å². The second-order valence-electron chi connectivity index (χ2n) is 9.47. The summed E-state index contributed by atoms with van der Waals surface area (Å²) in [5.41, 5.74) is 1.38. The van der Waals surface area contributed by atoms with Crippen molar-refractivity contribution >= 4 is 73.3 Å². The Morgan fingerprint density at radius 1 is 1.18 bits per heavy atom. The van der Waals surface area contributed by atoms with Crippen molar-refractivity contribution in [2.24, 2.45) is 0 Å². The second kappa shape index (κ2) is 11.5. The van der Waals surface area contributed by atoms with Crippen LogP contribution in [0.2, 0.25) is 4.34 Å². The number of aromatic nitrogens is 2. The average Bonchev–Trinajstić information content (AvgIpc) is 3.65. The average molecular weight is 591 g/mol. The molecule has 2 fully saturated rings. The quantitative estimate of drug-likeness (QED) is 0.368. The van der Waals surface area contributed by atoms with Crippen LogP contribution >= 0.6 is 22.9 Å². The molecule has 5 rings (SSSR count). The molecule has 1 aromatic carbocycles. The van der Waals surface area contributed by atoms with Gasteiger partial charge in [-0.15, -0.1) is 11.3 Å². The van der Waals surface area contributed by atoms with Gasteiger partial charge in [0.25, 0.3) is 0 Å². The lowest BCUT2D eigenvalue weighted by atomic mass is 10.1. The fourth-order valence-corrected chi connectivity index (χ4v) is 6.92. The molecule has 0 bridgehead atoms. The van der Waals surface area contributed by atoms with Crippen molar-refractivity contribution in [1.82, 2.24) is 24.7 Å². The minimum absolute atomic E-state index is 0.218. The minimum atomic E-state index is -3.90. The number of nitrogens with one attached hydrogen (secondary N) is 3. The number of anilines is 1. The molecule has 14 heteroatoms. The maximum Gasteiger partial charge on any atom is 0.247 e. The monoisotopic (exact) mass is 590 g/mol. The molecule has 0 saturated carbocycles. The van der Waals surface area contributed by atoms with E-state index in [4.69, 9.17) is 11.6 Å². The summed E-state index contributed by atoms with van der Waals surface area (Å²) >= 11 is 7.11. The maximum atomic E-state index is 13.2. The number of amides is 3. The number of nitrogens with zero attached hydrogens (tertiary/aromatic N) is 3. The van der Waals surface area contributed by atoms with E-state index in [9.17, 15) is 22.8 Å². The van der Waals surface area contributed by atoms with E-state index in [1.807, 2.05) is 6.07 Å². The van der Waals surface area contributed by atoms with Crippen LogP contribution in [0.25, 0.3) is 17.0 Å². The molecule has 2 aliphatic heterocycles. The van der Waals surface area contributed by atoms with E-state index in [0.717, 1.165) is 16.3 Å². The van der Waals surface area contributed by atoms with Crippen LogP contribution in [0.1, 0.15) is 30.6 Å². The maximum absolute atomic E-state index is 13.2. The van der Waals surface area contributed by atoms with Crippen LogP contribution in [0.4, 0.5) is 5.69 Å². The van der Waals surface area contributed by atoms with Crippen molar-refractivity contribution in [3.63, 3.8) is 0 Å². The third-order valence-electron chi connectivity index (χ3n) is 6.75. The van der Waals surface area contributed by atoms with Gasteiger partial charge in [0.05, 0.1) is 22.6 Å². The second-order valence-corrected chi connectivity index (χ2v) is 12.8. The van der Waals surface area contributed by atoms with Crippen molar-refractivity contribution in [1.29, 1.82) is 0 Å². The first-order valence-electron chi connectivity index (χ1n) is 12.5. The zero-order valence-electron chi connectivity index (χ0n) is 20.8. The number of carbonyl (C=O) groups excluding carboxylic acids is 3. The molecule has 0 aliphatic carbocycles. The van der Waals surface area contributed by atoms with E-state index in [-0.39, 0.29) is 18.4 Å². The number of halogens is 1. The fourth-order valence-electron chi connectivity index (χ4n) is 4.85. The Hall–Kier alpha value is -3.26. The zero-order valence-corrected chi connectivity index (χ0v) is 23.2. The van der Waals surface area contributed by atoms with Gasteiger partial charge in [-0.05, 0) is 62.1 Å². The Balaban J connectivity index is 1.19. The molecule has 2 saturated heterocycles. The molecule has 4 heterocycles. The molecule has 2 aromatic heterocycles. The van der Waals surface area contributed by atoms with E-state index in [2.05, 4.69) is 20.2 Å². The third kappa shape index (κ3) is 6.49. The van der Waals surface area contributed by atoms with Gasteiger partial charge in [0, 0.05) is 34.4 Å². The van der Waals surface area contributed by atoms with Gasteiger partial charge >= 0.3 is 0 Å². The van der Waals surface area contributed by atoms with Crippen LogP contribution in [0.15, 0.2) is 41.9 Å². The van der Waals surface area contributed by atoms with Crippen LogP contribution in [-0.2, 0) is 24.4 Å². The molecule has 3 aromatic rings. The van der Waals surface area contributed by atoms with Crippen LogP contribution in [0.5, 0.6) is 0 Å². The molecule has 0 unspecified atom stereocenters. The van der Waals surface area contributed by atoms with Crippen LogP contribution in [0, 0.1) is 0 Å². The summed E-state index contributed by atoms with van der Waals surface area (Å²) in [7, 11) is -3.90. The molecule has 11 nitrogen and oxygen atoms in total. The smallest absolute Gasteiger partial charge is 0.247 e. The number of fused-ring (bicyclic) bond motifs is 1. The minimum Gasteiger partial charge on any atom is -0.332 e. The van der Waals surface area contributed by atoms with Crippen molar-refractivity contribution in [2.45, 2.75) is 37.8 Å². The van der Waals surface area contributed by atoms with Crippen LogP contribution in [0.3, 0.4) is 0 Å². The number of rotatable bonds is 8. The van der Waals surface area contributed by atoms with Crippen LogP contribution in [-0.4, -0.2) is 77.9 Å². The Kier molecular flexibility index (Phi) is 8.03. The predicted octanol–water partition coefficient (Wildman–Crippen LogP) is 2.79. The third-order valence-corrected chi connectivity index (χ3v) is 9.06. The molecule has 2 atom stereocenters. The van der Waals surface area contributed by atoms with E-state index < -0.39 is 28.0 Å². The van der Waals surface area contributed by atoms with Gasteiger partial charge in [-0.3, -0.25) is 19.5 Å². The number of carbonyl (C=O) groups is 3. The molecule has 0 spiro atoms. The molecule has 3 amide bonds. The number of H-pyrrole nitrogens is 1. The molecular formula is C25H27ClN6O5S2. The summed E-state index contributed by atoms with van der Waals surface area (Å²) in [4.78, 5) is 42.8. The summed E-state index contributed by atoms with van der Waals surface area (Å²) in [6.45, 7) is 0.526. The predicted molar refractivity (Wildman–Crippen MR) is 149 cm³/mol. The highest BCUT2D eigenvalue weighted by atomic mass is 35.5. The highest BCUT2D eigenvalue weighted by molar-refractivity contribution is 7.92. The van der Waals surface area contributed by atoms with Gasteiger partial charge in [0.2, 0.25) is 27.7 Å². The lowest BCUT2D eigenvalue weighted by molar-refractivity contribution is -0.144. The van der Waals surface area contributed by atoms with Gasteiger partial charge in [-0.25, -0.2) is 8.42 Å². The van der Waals surface area contributed by atoms with Crippen molar-refractivity contribution in [3.8, 4) is 0 Å². The first-order chi connectivity index (χ1) is 18.7. The first kappa shape index (κ1) is 27.3. The molecule has 39 heavy (non-hydrogen) atoms. The van der Waals surface area contributed by atoms with Gasteiger partial charge in [0.15, 0.2) is 0 Å². The molecule has 206 valence electrons. The van der Waals surface area contributed by atoms with E-state index in [1.54, 1.807) is 30.5 Å². The number of hydrogen-bond acceptors (Lipinski definition) is 7. The molecule has 0 radical (unpaired) electrons. The summed E-state index contributed by atoms with van der Waals surface area (Å²) < 4.78 is 28.1. The van der Waals surface area contributed by atoms with Crippen LogP contribution < -0.4 is 10.0 Å². The normalized spacial score (nSPS) is 20.3. The Morgan fingerprint density at radius 2 is 2.00 bits per heavy atom. The fraction of sp³-hybridized carbons (Fsp3) is 0.360. The van der Waals surface area contributed by atoms with E-state index in [0.29, 0.717) is 53.7 Å². The SMILES string of the molecule is O=C(Nc1ccc2cn[nH]c2c1)[C@@H]1CCCN1C(=O)CN1CCC[C@H](NS(=O)(=O)C=Cc2ccc(Cl)s2)C1=O. The number of thiophene rings is 1. The Morgan fingerprint density at radius 3 is 2.79 bits per heavy atom. The number of aromatic amines is 1. The van der Waals surface area contributed by atoms with E-state index in [1.165, 1.54) is 27.2 Å². The summed E-state index contributed by atoms with van der Waals surface area (Å²) in [6.07, 6.45) is 5.16. The standard InChI is InChI=1S/C25H27ClN6O5S2/c26-22-8-7-18(38-22)9-12-39(36,37)30-19-3-1-10-31(25(19)35)15-23(33)32-11-2-4-21(32)24(34)28-17-6-5-16-14-27-29-20(16)13-17/h5-9,12-14,19,21,30H,1-4,10-11,15H2,(H,27,29)(H,28,34)/t19-,21-/m0/s1. The highest BCUT2D eigenvalue weighted by Crippen LogP contribution is 2.24. The van der Waals surface area contributed by atoms with E-state index >= 15 is 0 Å². The summed E-state index contributed by atoms with van der Waals surface area (Å²) in [5, 5.41) is 11.6. The van der Waals surface area contributed by atoms with Gasteiger partial charge in [-0.2, -0.15) is 9.82 Å². The number of sulfonamides is 1. The molecule has 3 N–H and O–H groups in total. The number of benzene rings is 1. The Bertz CT molecular complexity index is 1530.